The van der Waals surface area contributed by atoms with Gasteiger partial charge in [0, 0.05) is 19.2 Å². The monoisotopic (exact) mass is 520 g/mol. The first-order valence-electron chi connectivity index (χ1n) is 11.7. The molecule has 0 saturated carbocycles. The molecule has 0 spiro atoms. The number of likely N-dealkylation sites (tertiary alicyclic amines) is 1. The number of anilines is 1. The molecule has 2 aromatic carbocycles. The van der Waals surface area contributed by atoms with Gasteiger partial charge in [-0.3, -0.25) is 9.69 Å². The van der Waals surface area contributed by atoms with E-state index in [1.54, 1.807) is 37.4 Å². The number of piperidine rings is 1. The molecule has 3 rings (SSSR count). The van der Waals surface area contributed by atoms with E-state index >= 15 is 0 Å². The van der Waals surface area contributed by atoms with Gasteiger partial charge in [0.25, 0.3) is 5.91 Å². The summed E-state index contributed by atoms with van der Waals surface area (Å²) < 4.78 is 21.5. The van der Waals surface area contributed by atoms with Gasteiger partial charge < -0.3 is 35.7 Å². The van der Waals surface area contributed by atoms with Gasteiger partial charge in [0.1, 0.15) is 23.9 Å². The largest absolute Gasteiger partial charge is 0.497 e. The summed E-state index contributed by atoms with van der Waals surface area (Å²) in [5, 5.41) is 3.27. The average Bonchev–Trinajstić information content (AvgIpc) is 2.88. The first kappa shape index (κ1) is 27.2. The number of carbonyl (C=O) groups excluding carboxylic acids is 2. The van der Waals surface area contributed by atoms with Crippen LogP contribution in [0, 0.1) is 5.92 Å². The highest BCUT2D eigenvalue weighted by molar-refractivity contribution is 6.33. The molecule has 10 nitrogen and oxygen atoms in total. The minimum Gasteiger partial charge on any atom is -0.497 e. The highest BCUT2D eigenvalue weighted by atomic mass is 35.5. The molecule has 0 radical (unpaired) electrons. The summed E-state index contributed by atoms with van der Waals surface area (Å²) in [7, 11) is 3.07. The van der Waals surface area contributed by atoms with E-state index in [1.165, 1.54) is 13.2 Å². The Morgan fingerprint density at radius 1 is 1.11 bits per heavy atom. The molecule has 11 heteroatoms. The van der Waals surface area contributed by atoms with E-state index in [1.807, 2.05) is 0 Å². The molecule has 2 aromatic rings. The number of nitrogens with two attached hydrogens (primary N) is 2. The molecule has 2 amide bonds. The summed E-state index contributed by atoms with van der Waals surface area (Å²) in [5.41, 5.74) is 11.8. The van der Waals surface area contributed by atoms with Gasteiger partial charge in [-0.05, 0) is 62.2 Å². The van der Waals surface area contributed by atoms with Crippen LogP contribution >= 0.6 is 11.6 Å². The third kappa shape index (κ3) is 7.82. The van der Waals surface area contributed by atoms with Crippen LogP contribution in [0.2, 0.25) is 5.02 Å². The fourth-order valence-corrected chi connectivity index (χ4v) is 4.22. The van der Waals surface area contributed by atoms with Crippen LogP contribution in [0.1, 0.15) is 23.2 Å². The predicted octanol–water partition coefficient (Wildman–Crippen LogP) is 2.92. The summed E-state index contributed by atoms with van der Waals surface area (Å²) in [6.45, 7) is 2.79. The summed E-state index contributed by atoms with van der Waals surface area (Å²) in [4.78, 5) is 26.3. The van der Waals surface area contributed by atoms with Crippen molar-refractivity contribution in [2.24, 2.45) is 11.7 Å². The third-order valence-electron chi connectivity index (χ3n) is 6.06. The van der Waals surface area contributed by atoms with E-state index < -0.39 is 12.2 Å². The molecule has 1 atom stereocenters. The molecule has 0 bridgehead atoms. The molecular weight excluding hydrogens is 488 g/mol. The van der Waals surface area contributed by atoms with Crippen LogP contribution < -0.4 is 31.0 Å². The van der Waals surface area contributed by atoms with Gasteiger partial charge in [-0.15, -0.1) is 0 Å². The molecule has 1 saturated heterocycles. The lowest BCUT2D eigenvalue weighted by molar-refractivity contribution is 0.0367. The second-order valence-electron chi connectivity index (χ2n) is 8.57. The molecule has 0 aliphatic carbocycles. The molecule has 196 valence electrons. The quantitative estimate of drug-likeness (QED) is 0.384. The maximum absolute atomic E-state index is 12.7. The number of nitrogens with zero attached hydrogens (tertiary/aromatic N) is 1. The van der Waals surface area contributed by atoms with Gasteiger partial charge >= 0.3 is 6.09 Å². The first-order chi connectivity index (χ1) is 17.3. The number of nitrogen functional groups attached to an aromatic ring is 1. The van der Waals surface area contributed by atoms with E-state index in [-0.39, 0.29) is 12.5 Å². The Labute approximate surface area is 215 Å². The highest BCUT2D eigenvalue weighted by Crippen LogP contribution is 2.29. The number of amides is 2. The van der Waals surface area contributed by atoms with Gasteiger partial charge in [0.05, 0.1) is 30.5 Å². The summed E-state index contributed by atoms with van der Waals surface area (Å²) in [5.74, 6) is 1.79. The van der Waals surface area contributed by atoms with Gasteiger partial charge in [-0.25, -0.2) is 4.79 Å². The molecule has 1 heterocycles. The summed E-state index contributed by atoms with van der Waals surface area (Å²) in [6, 6.07) is 10.2. The second kappa shape index (κ2) is 13.1. The van der Waals surface area contributed by atoms with Gasteiger partial charge in [-0.2, -0.15) is 0 Å². The van der Waals surface area contributed by atoms with E-state index in [0.29, 0.717) is 46.8 Å². The van der Waals surface area contributed by atoms with Gasteiger partial charge in [0.15, 0.2) is 6.10 Å². The maximum Gasteiger partial charge on any atom is 0.404 e. The van der Waals surface area contributed by atoms with Crippen molar-refractivity contribution in [3.8, 4) is 17.2 Å². The van der Waals surface area contributed by atoms with Crippen LogP contribution in [0.5, 0.6) is 17.2 Å². The number of methoxy groups -OCH3 is 2. The van der Waals surface area contributed by atoms with Crippen molar-refractivity contribution in [2.45, 2.75) is 18.9 Å². The minimum absolute atomic E-state index is 0.178. The van der Waals surface area contributed by atoms with Crippen LogP contribution in [-0.4, -0.2) is 70.0 Å². The zero-order valence-electron chi connectivity index (χ0n) is 20.5. The van der Waals surface area contributed by atoms with E-state index in [0.717, 1.165) is 31.7 Å². The summed E-state index contributed by atoms with van der Waals surface area (Å²) >= 11 is 6.08. The lowest BCUT2D eigenvalue weighted by atomic mass is 9.96. The van der Waals surface area contributed by atoms with Crippen molar-refractivity contribution in [1.82, 2.24) is 10.2 Å². The zero-order valence-corrected chi connectivity index (χ0v) is 21.3. The molecule has 1 aliphatic heterocycles. The highest BCUT2D eigenvalue weighted by Gasteiger charge is 2.25. The van der Waals surface area contributed by atoms with Gasteiger partial charge in [-0.1, -0.05) is 11.6 Å². The molecule has 5 N–H and O–H groups in total. The van der Waals surface area contributed by atoms with Crippen LogP contribution in [0.3, 0.4) is 0 Å². The Morgan fingerprint density at radius 2 is 1.78 bits per heavy atom. The SMILES string of the molecule is COc1ccc(OCC(CN2CCC(CNC(=O)c3cc(Cl)c(N)cc3OC)CC2)OC(N)=O)cc1. The molecule has 36 heavy (non-hydrogen) atoms. The molecule has 1 unspecified atom stereocenters. The Morgan fingerprint density at radius 3 is 2.39 bits per heavy atom. The van der Waals surface area contributed by atoms with Crippen LogP contribution in [0.15, 0.2) is 36.4 Å². The standard InChI is InChI=1S/C25H33ClN4O6/c1-33-17-3-5-18(6-4-17)35-15-19(36-25(28)32)14-30-9-7-16(8-10-30)13-29-24(31)20-11-21(26)22(27)12-23(20)34-2/h3-6,11-12,16,19H,7-10,13-15,27H2,1-2H3,(H2,28,32)(H,29,31). The van der Waals surface area contributed by atoms with Crippen LogP contribution in [0.25, 0.3) is 0 Å². The van der Waals surface area contributed by atoms with Crippen LogP contribution in [0.4, 0.5) is 10.5 Å². The smallest absolute Gasteiger partial charge is 0.404 e. The van der Waals surface area contributed by atoms with Gasteiger partial charge in [0.2, 0.25) is 0 Å². The topological polar surface area (TPSA) is 138 Å². The van der Waals surface area contributed by atoms with Crippen molar-refractivity contribution in [3.05, 3.63) is 47.0 Å². The summed E-state index contributed by atoms with van der Waals surface area (Å²) in [6.07, 6.45) is 0.406. The average molecular weight is 521 g/mol. The molecule has 1 aliphatic rings. The van der Waals surface area contributed by atoms with Crippen LogP contribution in [-0.2, 0) is 4.74 Å². The number of ether oxygens (including phenoxy) is 4. The number of hydrogen-bond donors (Lipinski definition) is 3. The number of halogens is 1. The van der Waals surface area contributed by atoms with Crippen molar-refractivity contribution in [1.29, 1.82) is 0 Å². The van der Waals surface area contributed by atoms with Crippen molar-refractivity contribution < 1.29 is 28.5 Å². The zero-order chi connectivity index (χ0) is 26.1. The predicted molar refractivity (Wildman–Crippen MR) is 137 cm³/mol. The number of carbonyl (C=O) groups is 2. The number of nitrogens with one attached hydrogen (secondary N) is 1. The second-order valence-corrected chi connectivity index (χ2v) is 8.98. The number of primary amides is 1. The van der Waals surface area contributed by atoms with E-state index in [4.69, 9.17) is 42.0 Å². The van der Waals surface area contributed by atoms with Crippen molar-refractivity contribution >= 4 is 29.3 Å². The molecule has 0 aromatic heterocycles. The Kier molecular flexibility index (Phi) is 9.89. The number of hydrogen-bond acceptors (Lipinski definition) is 8. The minimum atomic E-state index is -0.839. The number of benzene rings is 2. The van der Waals surface area contributed by atoms with Crippen molar-refractivity contribution in [3.63, 3.8) is 0 Å². The molecule has 1 fully saturated rings. The molecular formula is C25H33ClN4O6. The lowest BCUT2D eigenvalue weighted by Crippen LogP contribution is -2.44. The maximum atomic E-state index is 12.7. The Bertz CT molecular complexity index is 1030. The first-order valence-corrected chi connectivity index (χ1v) is 12.0. The van der Waals surface area contributed by atoms with E-state index in [2.05, 4.69) is 10.2 Å². The Hall–Kier alpha value is -3.37. The fraction of sp³-hybridized carbons (Fsp3) is 0.440. The Balaban J connectivity index is 1.46. The normalized spacial score (nSPS) is 15.1. The fourth-order valence-electron chi connectivity index (χ4n) is 4.06. The lowest BCUT2D eigenvalue weighted by Gasteiger charge is -2.34. The van der Waals surface area contributed by atoms with Crippen molar-refractivity contribution in [2.75, 3.05) is 52.7 Å². The van der Waals surface area contributed by atoms with E-state index in [9.17, 15) is 9.59 Å². The third-order valence-corrected chi connectivity index (χ3v) is 6.39. The number of rotatable bonds is 11.